The molecule has 0 unspecified atom stereocenters. The van der Waals surface area contributed by atoms with Gasteiger partial charge in [0.15, 0.2) is 5.78 Å². The second-order valence-electron chi connectivity index (χ2n) is 6.67. The SMILES string of the molecule is CC(=O)Nc1cccc(OCCNc2ccc(C(=O)c3ccccc3)cc2[N+](=O)[O-])c1. The molecule has 0 aliphatic carbocycles. The van der Waals surface area contributed by atoms with Crippen molar-refractivity contribution in [2.24, 2.45) is 0 Å². The molecule has 1 amide bonds. The lowest BCUT2D eigenvalue weighted by Gasteiger charge is -2.11. The van der Waals surface area contributed by atoms with E-state index in [4.69, 9.17) is 4.74 Å². The average molecular weight is 419 g/mol. The molecule has 0 heterocycles. The maximum Gasteiger partial charge on any atom is 0.293 e. The van der Waals surface area contributed by atoms with Crippen molar-refractivity contribution < 1.29 is 19.2 Å². The molecule has 0 aromatic heterocycles. The third-order valence-electron chi connectivity index (χ3n) is 4.33. The molecule has 0 radical (unpaired) electrons. The summed E-state index contributed by atoms with van der Waals surface area (Å²) in [5.41, 5.74) is 1.44. The lowest BCUT2D eigenvalue weighted by Crippen LogP contribution is -2.13. The molecule has 3 aromatic carbocycles. The van der Waals surface area contributed by atoms with Crippen LogP contribution in [-0.2, 0) is 4.79 Å². The van der Waals surface area contributed by atoms with Gasteiger partial charge < -0.3 is 15.4 Å². The zero-order chi connectivity index (χ0) is 22.2. The number of nitrogens with one attached hydrogen (secondary N) is 2. The first-order valence-electron chi connectivity index (χ1n) is 9.56. The molecule has 0 bridgehead atoms. The van der Waals surface area contributed by atoms with E-state index in [0.717, 1.165) is 0 Å². The Morgan fingerprint density at radius 2 is 1.74 bits per heavy atom. The summed E-state index contributed by atoms with van der Waals surface area (Å²) >= 11 is 0. The number of amides is 1. The standard InChI is InChI=1S/C23H21N3O5/c1-16(27)25-19-8-5-9-20(15-19)31-13-12-24-21-11-10-18(14-22(21)26(29)30)23(28)17-6-3-2-4-7-17/h2-11,14-15,24H,12-13H2,1H3,(H,25,27). The molecule has 0 saturated carbocycles. The average Bonchev–Trinajstić information content (AvgIpc) is 2.76. The molecule has 0 saturated heterocycles. The number of nitrogens with zero attached hydrogens (tertiary/aromatic N) is 1. The van der Waals surface area contributed by atoms with Crippen LogP contribution in [0.2, 0.25) is 0 Å². The van der Waals surface area contributed by atoms with E-state index in [2.05, 4.69) is 10.6 Å². The first-order valence-corrected chi connectivity index (χ1v) is 9.56. The van der Waals surface area contributed by atoms with Crippen molar-refractivity contribution in [2.45, 2.75) is 6.92 Å². The molecular formula is C23H21N3O5. The highest BCUT2D eigenvalue weighted by atomic mass is 16.6. The first kappa shape index (κ1) is 21.5. The van der Waals surface area contributed by atoms with Gasteiger partial charge in [0, 0.05) is 42.4 Å². The Bertz CT molecular complexity index is 1100. The normalized spacial score (nSPS) is 10.2. The van der Waals surface area contributed by atoms with Crippen molar-refractivity contribution in [3.8, 4) is 5.75 Å². The highest BCUT2D eigenvalue weighted by Gasteiger charge is 2.18. The number of ether oxygens (including phenoxy) is 1. The van der Waals surface area contributed by atoms with E-state index >= 15 is 0 Å². The third kappa shape index (κ3) is 5.89. The number of ketones is 1. The number of benzene rings is 3. The number of nitro benzene ring substituents is 1. The van der Waals surface area contributed by atoms with Crippen LogP contribution in [0.3, 0.4) is 0 Å². The molecule has 31 heavy (non-hydrogen) atoms. The van der Waals surface area contributed by atoms with Crippen LogP contribution in [0.15, 0.2) is 72.8 Å². The Hall–Kier alpha value is -4.20. The van der Waals surface area contributed by atoms with Gasteiger partial charge in [0.05, 0.1) is 4.92 Å². The molecule has 8 nitrogen and oxygen atoms in total. The van der Waals surface area contributed by atoms with E-state index in [1.54, 1.807) is 60.7 Å². The van der Waals surface area contributed by atoms with E-state index in [9.17, 15) is 19.7 Å². The van der Waals surface area contributed by atoms with Crippen molar-refractivity contribution in [3.05, 3.63) is 94.0 Å². The summed E-state index contributed by atoms with van der Waals surface area (Å²) in [6, 6.07) is 19.9. The number of nitro groups is 1. The maximum atomic E-state index is 12.6. The van der Waals surface area contributed by atoms with Gasteiger partial charge in [-0.3, -0.25) is 19.7 Å². The van der Waals surface area contributed by atoms with Crippen molar-refractivity contribution in [3.63, 3.8) is 0 Å². The Morgan fingerprint density at radius 3 is 2.45 bits per heavy atom. The number of hydrogen-bond donors (Lipinski definition) is 2. The Morgan fingerprint density at radius 1 is 0.968 bits per heavy atom. The minimum atomic E-state index is -0.526. The van der Waals surface area contributed by atoms with Crippen LogP contribution in [0, 0.1) is 10.1 Å². The molecule has 8 heteroatoms. The minimum absolute atomic E-state index is 0.180. The van der Waals surface area contributed by atoms with Gasteiger partial charge in [-0.1, -0.05) is 36.4 Å². The van der Waals surface area contributed by atoms with Crippen LogP contribution in [0.25, 0.3) is 0 Å². The van der Waals surface area contributed by atoms with Crippen LogP contribution in [0.5, 0.6) is 5.75 Å². The van der Waals surface area contributed by atoms with Crippen molar-refractivity contribution >= 4 is 28.8 Å². The molecule has 0 spiro atoms. The summed E-state index contributed by atoms with van der Waals surface area (Å²) < 4.78 is 5.63. The third-order valence-corrected chi connectivity index (χ3v) is 4.33. The van der Waals surface area contributed by atoms with Gasteiger partial charge in [0.2, 0.25) is 5.91 Å². The van der Waals surface area contributed by atoms with Crippen molar-refractivity contribution in [2.75, 3.05) is 23.8 Å². The van der Waals surface area contributed by atoms with Gasteiger partial charge in [-0.05, 0) is 24.3 Å². The molecule has 0 aliphatic rings. The fourth-order valence-corrected chi connectivity index (χ4v) is 2.95. The van der Waals surface area contributed by atoms with Gasteiger partial charge in [0.1, 0.15) is 18.0 Å². The zero-order valence-corrected chi connectivity index (χ0v) is 16.8. The van der Waals surface area contributed by atoms with Crippen molar-refractivity contribution in [1.29, 1.82) is 0 Å². The molecule has 0 atom stereocenters. The predicted octanol–water partition coefficient (Wildman–Crippen LogP) is 4.28. The number of carbonyl (C=O) groups excluding carboxylic acids is 2. The maximum absolute atomic E-state index is 12.6. The lowest BCUT2D eigenvalue weighted by atomic mass is 10.0. The van der Waals surface area contributed by atoms with Gasteiger partial charge in [-0.25, -0.2) is 0 Å². The Labute approximate surface area is 179 Å². The smallest absolute Gasteiger partial charge is 0.293 e. The van der Waals surface area contributed by atoms with Gasteiger partial charge >= 0.3 is 0 Å². The van der Waals surface area contributed by atoms with E-state index < -0.39 is 4.92 Å². The molecule has 0 aliphatic heterocycles. The Balaban J connectivity index is 1.63. The summed E-state index contributed by atoms with van der Waals surface area (Å²) in [5, 5.41) is 17.1. The molecular weight excluding hydrogens is 398 g/mol. The second-order valence-corrected chi connectivity index (χ2v) is 6.67. The summed E-state index contributed by atoms with van der Waals surface area (Å²) in [7, 11) is 0. The van der Waals surface area contributed by atoms with E-state index in [1.165, 1.54) is 19.1 Å². The van der Waals surface area contributed by atoms with E-state index in [-0.39, 0.29) is 29.5 Å². The summed E-state index contributed by atoms with van der Waals surface area (Å²) in [4.78, 5) is 34.7. The number of rotatable bonds is 9. The number of anilines is 2. The highest BCUT2D eigenvalue weighted by Crippen LogP contribution is 2.27. The highest BCUT2D eigenvalue weighted by molar-refractivity contribution is 6.09. The largest absolute Gasteiger partial charge is 0.492 e. The second kappa shape index (κ2) is 10.0. The molecule has 3 rings (SSSR count). The van der Waals surface area contributed by atoms with E-state index in [0.29, 0.717) is 29.2 Å². The number of hydrogen-bond acceptors (Lipinski definition) is 6. The van der Waals surface area contributed by atoms with Crippen molar-refractivity contribution in [1.82, 2.24) is 0 Å². The monoisotopic (exact) mass is 419 g/mol. The number of carbonyl (C=O) groups is 2. The fourth-order valence-electron chi connectivity index (χ4n) is 2.95. The quantitative estimate of drug-likeness (QED) is 0.232. The molecule has 0 fully saturated rings. The van der Waals surface area contributed by atoms with Crippen LogP contribution < -0.4 is 15.4 Å². The van der Waals surface area contributed by atoms with Crippen LogP contribution in [0.1, 0.15) is 22.8 Å². The van der Waals surface area contributed by atoms with Gasteiger partial charge in [0.25, 0.3) is 5.69 Å². The first-order chi connectivity index (χ1) is 14.9. The fraction of sp³-hybridized carbons (Fsp3) is 0.130. The Kier molecular flexibility index (Phi) is 6.95. The van der Waals surface area contributed by atoms with Gasteiger partial charge in [-0.15, -0.1) is 0 Å². The summed E-state index contributed by atoms with van der Waals surface area (Å²) in [5.74, 6) is 0.101. The van der Waals surface area contributed by atoms with Crippen LogP contribution in [-0.4, -0.2) is 29.8 Å². The van der Waals surface area contributed by atoms with E-state index in [1.807, 2.05) is 0 Å². The van der Waals surface area contributed by atoms with Gasteiger partial charge in [-0.2, -0.15) is 0 Å². The molecule has 3 aromatic rings. The topological polar surface area (TPSA) is 111 Å². The summed E-state index contributed by atoms with van der Waals surface area (Å²) in [6.07, 6.45) is 0. The molecule has 2 N–H and O–H groups in total. The predicted molar refractivity (Wildman–Crippen MR) is 118 cm³/mol. The zero-order valence-electron chi connectivity index (χ0n) is 16.8. The molecule has 158 valence electrons. The summed E-state index contributed by atoms with van der Waals surface area (Å²) in [6.45, 7) is 1.96. The van der Waals surface area contributed by atoms with Crippen LogP contribution >= 0.6 is 0 Å². The minimum Gasteiger partial charge on any atom is -0.492 e. The van der Waals surface area contributed by atoms with Crippen LogP contribution in [0.4, 0.5) is 17.1 Å². The lowest BCUT2D eigenvalue weighted by molar-refractivity contribution is -0.384.